The van der Waals surface area contributed by atoms with Gasteiger partial charge in [-0.05, 0) is 55.0 Å². The molecule has 216 valence electrons. The molecule has 2 aromatic carbocycles. The van der Waals surface area contributed by atoms with Crippen molar-refractivity contribution in [1.29, 1.82) is 5.26 Å². The first-order chi connectivity index (χ1) is 20.5. The van der Waals surface area contributed by atoms with E-state index in [9.17, 15) is 9.65 Å². The van der Waals surface area contributed by atoms with Crippen LogP contribution in [0.5, 0.6) is 0 Å². The first-order valence-electron chi connectivity index (χ1n) is 14.4. The topological polar surface area (TPSA) is 117 Å². The van der Waals surface area contributed by atoms with Crippen molar-refractivity contribution < 1.29 is 4.39 Å². The van der Waals surface area contributed by atoms with Crippen LogP contribution in [-0.2, 0) is 5.44 Å². The molecule has 0 saturated heterocycles. The number of benzene rings is 2. The molecule has 0 spiro atoms. The van der Waals surface area contributed by atoms with Crippen LogP contribution in [0.15, 0.2) is 61.2 Å². The highest BCUT2D eigenvalue weighted by Gasteiger charge is 2.34. The van der Waals surface area contributed by atoms with E-state index in [-0.39, 0.29) is 11.2 Å². The van der Waals surface area contributed by atoms with Crippen LogP contribution in [0.2, 0.25) is 0 Å². The molecule has 3 aromatic heterocycles. The van der Waals surface area contributed by atoms with E-state index in [2.05, 4.69) is 57.8 Å². The smallest absolute Gasteiger partial charge is 0.148 e. The molecule has 1 fully saturated rings. The van der Waals surface area contributed by atoms with Crippen molar-refractivity contribution in [2.75, 3.05) is 17.2 Å². The summed E-state index contributed by atoms with van der Waals surface area (Å²) < 4.78 is 15.9. The molecule has 1 aliphatic carbocycles. The lowest BCUT2D eigenvalue weighted by Gasteiger charge is -2.31. The summed E-state index contributed by atoms with van der Waals surface area (Å²) in [6.07, 6.45) is 9.30. The quantitative estimate of drug-likeness (QED) is 0.239. The summed E-state index contributed by atoms with van der Waals surface area (Å²) >= 11 is 0. The average molecular weight is 573 g/mol. The third-order valence-electron chi connectivity index (χ3n) is 7.74. The number of aryl methyl sites for hydroxylation is 1. The number of fused-ring (bicyclic) bond motifs is 1. The number of anilines is 2. The molecule has 0 aliphatic heterocycles. The maximum Gasteiger partial charge on any atom is 0.148 e. The summed E-state index contributed by atoms with van der Waals surface area (Å²) in [5.74, 6) is 0.349. The summed E-state index contributed by atoms with van der Waals surface area (Å²) in [6, 6.07) is 13.1. The number of nitrogens with zero attached hydrogens (tertiary/aromatic N) is 7. The fourth-order valence-corrected chi connectivity index (χ4v) is 5.13. The SMILES string of the molecule is BC(Nc1cc(-c2cnc(C)nc2)c2ncc(C#N)c(NCC(C)(C)C)c2c1)(c1ccc(F)cc1)c1cn(C2CC2)nn1. The van der Waals surface area contributed by atoms with Crippen molar-refractivity contribution in [3.63, 3.8) is 0 Å². The van der Waals surface area contributed by atoms with Gasteiger partial charge < -0.3 is 10.6 Å². The molecule has 1 atom stereocenters. The minimum absolute atomic E-state index is 0.0274. The van der Waals surface area contributed by atoms with E-state index in [1.165, 1.54) is 12.1 Å². The molecule has 11 heteroatoms. The minimum atomic E-state index is -0.866. The Morgan fingerprint density at radius 2 is 1.79 bits per heavy atom. The highest BCUT2D eigenvalue weighted by Crippen LogP contribution is 2.40. The van der Waals surface area contributed by atoms with Gasteiger partial charge in [-0.3, -0.25) is 4.98 Å². The number of rotatable bonds is 8. The Morgan fingerprint density at radius 1 is 1.07 bits per heavy atom. The third-order valence-corrected chi connectivity index (χ3v) is 7.74. The Balaban J connectivity index is 1.55. The van der Waals surface area contributed by atoms with Gasteiger partial charge in [0.2, 0.25) is 0 Å². The van der Waals surface area contributed by atoms with Gasteiger partial charge in [0.15, 0.2) is 0 Å². The number of nitriles is 1. The van der Waals surface area contributed by atoms with Crippen molar-refractivity contribution in [1.82, 2.24) is 29.9 Å². The first kappa shape index (κ1) is 28.3. The second kappa shape index (κ2) is 10.8. The number of pyridine rings is 1. The van der Waals surface area contributed by atoms with E-state index in [1.54, 1.807) is 30.7 Å². The molecule has 1 aliphatic rings. The van der Waals surface area contributed by atoms with Gasteiger partial charge >= 0.3 is 0 Å². The average Bonchev–Trinajstić information content (AvgIpc) is 3.71. The number of hydrogen-bond acceptors (Lipinski definition) is 8. The number of hydrogen-bond donors (Lipinski definition) is 2. The van der Waals surface area contributed by atoms with E-state index in [4.69, 9.17) is 4.98 Å². The molecule has 0 bridgehead atoms. The Kier molecular flexibility index (Phi) is 7.08. The monoisotopic (exact) mass is 573 g/mol. The van der Waals surface area contributed by atoms with E-state index >= 15 is 0 Å². The van der Waals surface area contributed by atoms with Crippen molar-refractivity contribution in [2.24, 2.45) is 5.41 Å². The normalized spacial score (nSPS) is 14.7. The second-order valence-corrected chi connectivity index (χ2v) is 12.6. The maximum absolute atomic E-state index is 14.0. The number of nitrogens with one attached hydrogen (secondary N) is 2. The molecule has 0 radical (unpaired) electrons. The molecule has 5 aromatic rings. The van der Waals surface area contributed by atoms with Gasteiger partial charge in [-0.25, -0.2) is 19.0 Å². The second-order valence-electron chi connectivity index (χ2n) is 12.6. The zero-order valence-electron chi connectivity index (χ0n) is 25.0. The van der Waals surface area contributed by atoms with E-state index in [1.807, 2.05) is 37.8 Å². The molecule has 0 amide bonds. The van der Waals surface area contributed by atoms with E-state index < -0.39 is 5.44 Å². The molecule has 6 rings (SSSR count). The zero-order valence-corrected chi connectivity index (χ0v) is 25.0. The van der Waals surface area contributed by atoms with Gasteiger partial charge in [0, 0.05) is 47.3 Å². The predicted octanol–water partition coefficient (Wildman–Crippen LogP) is 5.34. The molecule has 1 unspecified atom stereocenters. The third kappa shape index (κ3) is 5.78. The Bertz CT molecular complexity index is 1840. The van der Waals surface area contributed by atoms with Crippen LogP contribution in [0.4, 0.5) is 15.8 Å². The molecule has 2 N–H and O–H groups in total. The predicted molar refractivity (Wildman–Crippen MR) is 168 cm³/mol. The van der Waals surface area contributed by atoms with Gasteiger partial charge in [-0.2, -0.15) is 5.26 Å². The van der Waals surface area contributed by atoms with Crippen molar-refractivity contribution in [2.45, 2.75) is 52.0 Å². The summed E-state index contributed by atoms with van der Waals surface area (Å²) in [5, 5.41) is 27.0. The lowest BCUT2D eigenvalue weighted by Crippen LogP contribution is -2.37. The van der Waals surface area contributed by atoms with Gasteiger partial charge in [0.05, 0.1) is 34.4 Å². The van der Waals surface area contributed by atoms with Crippen molar-refractivity contribution >= 4 is 30.1 Å². The highest BCUT2D eigenvalue weighted by molar-refractivity contribution is 6.19. The van der Waals surface area contributed by atoms with Crippen molar-refractivity contribution in [3.8, 4) is 17.2 Å². The number of aromatic nitrogens is 6. The van der Waals surface area contributed by atoms with Gasteiger partial charge in [0.25, 0.3) is 0 Å². The summed E-state index contributed by atoms with van der Waals surface area (Å²) in [4.78, 5) is 13.6. The van der Waals surface area contributed by atoms with Gasteiger partial charge in [-0.15, -0.1) is 5.10 Å². The van der Waals surface area contributed by atoms with Crippen LogP contribution >= 0.6 is 0 Å². The van der Waals surface area contributed by atoms with Gasteiger partial charge in [-0.1, -0.05) is 38.1 Å². The molecule has 43 heavy (non-hydrogen) atoms. The Hall–Kier alpha value is -4.85. The zero-order chi connectivity index (χ0) is 30.4. The van der Waals surface area contributed by atoms with Crippen LogP contribution in [0, 0.1) is 29.5 Å². The number of halogens is 1. The van der Waals surface area contributed by atoms with Crippen LogP contribution in [0.3, 0.4) is 0 Å². The standard InChI is InChI=1S/C32H33BFN9/c1-19-36-15-21(16-37-19)26-11-24(12-27-29(39-18-31(2,3)4)20(13-35)14-38-30(26)27)40-32(33,22-5-7-23(34)8-6-22)28-17-43(42-41-28)25-9-10-25/h5-8,11-12,14-17,25,40H,9-10,18,33H2,1-4H3,(H,38,39). The Labute approximate surface area is 251 Å². The minimum Gasteiger partial charge on any atom is -0.383 e. The van der Waals surface area contributed by atoms with Crippen LogP contribution in [-0.4, -0.2) is 44.3 Å². The Morgan fingerprint density at radius 3 is 2.44 bits per heavy atom. The lowest BCUT2D eigenvalue weighted by molar-refractivity contribution is 0.443. The van der Waals surface area contributed by atoms with E-state index in [0.29, 0.717) is 35.4 Å². The summed E-state index contributed by atoms with van der Waals surface area (Å²) in [5.41, 5.74) is 4.89. The summed E-state index contributed by atoms with van der Waals surface area (Å²) in [7, 11) is 2.02. The van der Waals surface area contributed by atoms with Crippen LogP contribution in [0.1, 0.15) is 62.3 Å². The summed E-state index contributed by atoms with van der Waals surface area (Å²) in [6.45, 7) is 8.91. The lowest BCUT2D eigenvalue weighted by atomic mass is 9.69. The highest BCUT2D eigenvalue weighted by atomic mass is 19.1. The fourth-order valence-electron chi connectivity index (χ4n) is 5.13. The molecular formula is C32H33BFN9. The molecule has 9 nitrogen and oxygen atoms in total. The van der Waals surface area contributed by atoms with E-state index in [0.717, 1.165) is 46.1 Å². The first-order valence-corrected chi connectivity index (χ1v) is 14.4. The largest absolute Gasteiger partial charge is 0.383 e. The van der Waals surface area contributed by atoms with Crippen LogP contribution < -0.4 is 10.6 Å². The molecular weight excluding hydrogens is 540 g/mol. The van der Waals surface area contributed by atoms with Gasteiger partial charge in [0.1, 0.15) is 31.3 Å². The fraction of sp³-hybridized carbons (Fsp3) is 0.312. The maximum atomic E-state index is 14.0. The van der Waals surface area contributed by atoms with Crippen LogP contribution in [0.25, 0.3) is 22.0 Å². The van der Waals surface area contributed by atoms with Crippen molar-refractivity contribution in [3.05, 3.63) is 89.6 Å². The molecule has 1 saturated carbocycles. The molecule has 3 heterocycles.